The minimum atomic E-state index is -0.830. The first kappa shape index (κ1) is 21.9. The molecule has 1 atom stereocenters. The van der Waals surface area contributed by atoms with Gasteiger partial charge >= 0.3 is 0 Å². The number of benzene rings is 2. The molecule has 8 heteroatoms. The maximum atomic E-state index is 13.0. The summed E-state index contributed by atoms with van der Waals surface area (Å²) in [7, 11) is 0. The van der Waals surface area contributed by atoms with Crippen molar-refractivity contribution in [2.24, 2.45) is 11.0 Å². The highest BCUT2D eigenvalue weighted by molar-refractivity contribution is 5.97. The molecule has 0 heterocycles. The van der Waals surface area contributed by atoms with Crippen LogP contribution < -0.4 is 15.5 Å². The maximum absolute atomic E-state index is 13.0. The molecular formula is C21H24FN3O4. The normalized spacial score (nSPS) is 12.0. The summed E-state index contributed by atoms with van der Waals surface area (Å²) in [5.41, 5.74) is 3.26. The van der Waals surface area contributed by atoms with Gasteiger partial charge < -0.3 is 15.2 Å². The van der Waals surface area contributed by atoms with Crippen LogP contribution in [0.1, 0.15) is 36.7 Å². The summed E-state index contributed by atoms with van der Waals surface area (Å²) < 4.78 is 18.3. The number of nitrogens with zero attached hydrogens (tertiary/aromatic N) is 1. The van der Waals surface area contributed by atoms with Crippen molar-refractivity contribution in [3.05, 3.63) is 59.4 Å². The van der Waals surface area contributed by atoms with Crippen LogP contribution in [0.2, 0.25) is 0 Å². The summed E-state index contributed by atoms with van der Waals surface area (Å²) in [5, 5.41) is 16.2. The molecule has 0 aliphatic heterocycles. The summed E-state index contributed by atoms with van der Waals surface area (Å²) in [4.78, 5) is 24.8. The van der Waals surface area contributed by atoms with E-state index in [0.717, 1.165) is 0 Å². The molecule has 0 saturated carbocycles. The minimum Gasteiger partial charge on any atom is -0.504 e. The number of carbonyl (C=O) groups is 2. The number of rotatable bonds is 8. The molecule has 0 fully saturated rings. The van der Waals surface area contributed by atoms with E-state index in [1.807, 2.05) is 0 Å². The van der Waals surface area contributed by atoms with E-state index in [4.69, 9.17) is 4.74 Å². The monoisotopic (exact) mass is 401 g/mol. The van der Waals surface area contributed by atoms with Gasteiger partial charge in [0.25, 0.3) is 11.8 Å². The van der Waals surface area contributed by atoms with Gasteiger partial charge in [-0.25, -0.2) is 9.82 Å². The number of ether oxygens (including phenoxy) is 1. The lowest BCUT2D eigenvalue weighted by Crippen LogP contribution is -2.48. The first-order chi connectivity index (χ1) is 13.8. The van der Waals surface area contributed by atoms with E-state index in [2.05, 4.69) is 15.8 Å². The second-order valence-electron chi connectivity index (χ2n) is 6.60. The Balaban J connectivity index is 2.02. The molecule has 1 unspecified atom stereocenters. The largest absolute Gasteiger partial charge is 0.504 e. The SMILES string of the molecule is CCOc1cc(C=NNC(=O)C(NC(=O)c2ccc(F)cc2)C(C)C)ccc1O. The number of hydrazone groups is 1. The fourth-order valence-corrected chi connectivity index (χ4v) is 2.48. The lowest BCUT2D eigenvalue weighted by Gasteiger charge is -2.20. The highest BCUT2D eigenvalue weighted by Gasteiger charge is 2.24. The molecule has 0 aliphatic rings. The molecule has 0 aliphatic carbocycles. The Morgan fingerprint density at radius 2 is 1.90 bits per heavy atom. The van der Waals surface area contributed by atoms with Gasteiger partial charge in [-0.1, -0.05) is 13.8 Å². The Labute approximate surface area is 168 Å². The van der Waals surface area contributed by atoms with Gasteiger partial charge in [-0.15, -0.1) is 0 Å². The number of carbonyl (C=O) groups excluding carboxylic acids is 2. The fraction of sp³-hybridized carbons (Fsp3) is 0.286. The first-order valence-electron chi connectivity index (χ1n) is 9.17. The van der Waals surface area contributed by atoms with Crippen LogP contribution in [0.5, 0.6) is 11.5 Å². The smallest absolute Gasteiger partial charge is 0.262 e. The van der Waals surface area contributed by atoms with Crippen LogP contribution in [-0.4, -0.2) is 35.8 Å². The minimum absolute atomic E-state index is 0.0106. The van der Waals surface area contributed by atoms with Gasteiger partial charge in [0.2, 0.25) is 0 Å². The van der Waals surface area contributed by atoms with E-state index in [0.29, 0.717) is 17.9 Å². The third kappa shape index (κ3) is 6.31. The van der Waals surface area contributed by atoms with E-state index in [1.54, 1.807) is 32.9 Å². The number of aromatic hydroxyl groups is 1. The maximum Gasteiger partial charge on any atom is 0.262 e. The number of hydrogen-bond donors (Lipinski definition) is 3. The number of halogens is 1. The molecule has 154 valence electrons. The van der Waals surface area contributed by atoms with Crippen molar-refractivity contribution in [2.75, 3.05) is 6.61 Å². The standard InChI is InChI=1S/C21H24FN3O4/c1-4-29-18-11-14(5-10-17(18)26)12-23-25-21(28)19(13(2)3)24-20(27)15-6-8-16(22)9-7-15/h5-13,19,26H,4H2,1-3H3,(H,24,27)(H,25,28). The second kappa shape index (κ2) is 10.2. The summed E-state index contributed by atoms with van der Waals surface area (Å²) in [5.74, 6) is -1.30. The van der Waals surface area contributed by atoms with Crippen molar-refractivity contribution in [1.82, 2.24) is 10.7 Å². The first-order valence-corrected chi connectivity index (χ1v) is 9.17. The molecule has 2 aromatic rings. The molecule has 3 N–H and O–H groups in total. The third-order valence-electron chi connectivity index (χ3n) is 4.01. The van der Waals surface area contributed by atoms with Crippen LogP contribution >= 0.6 is 0 Å². The Morgan fingerprint density at radius 3 is 2.52 bits per heavy atom. The second-order valence-corrected chi connectivity index (χ2v) is 6.60. The van der Waals surface area contributed by atoms with Gasteiger partial charge in [0.05, 0.1) is 12.8 Å². The van der Waals surface area contributed by atoms with Gasteiger partial charge in [0.15, 0.2) is 11.5 Å². The predicted octanol–water partition coefficient (Wildman–Crippen LogP) is 2.83. The average molecular weight is 401 g/mol. The molecule has 2 rings (SSSR count). The van der Waals surface area contributed by atoms with Gasteiger partial charge in [0, 0.05) is 5.56 Å². The van der Waals surface area contributed by atoms with Gasteiger partial charge in [0.1, 0.15) is 11.9 Å². The highest BCUT2D eigenvalue weighted by atomic mass is 19.1. The van der Waals surface area contributed by atoms with Crippen LogP contribution in [0, 0.1) is 11.7 Å². The van der Waals surface area contributed by atoms with Crippen LogP contribution in [0.4, 0.5) is 4.39 Å². The van der Waals surface area contributed by atoms with E-state index >= 15 is 0 Å². The van der Waals surface area contributed by atoms with Crippen molar-refractivity contribution < 1.29 is 23.8 Å². The Morgan fingerprint density at radius 1 is 1.21 bits per heavy atom. The molecular weight excluding hydrogens is 377 g/mol. The lowest BCUT2D eigenvalue weighted by atomic mass is 10.0. The van der Waals surface area contributed by atoms with E-state index in [1.165, 1.54) is 36.5 Å². The van der Waals surface area contributed by atoms with E-state index in [9.17, 15) is 19.1 Å². The molecule has 0 radical (unpaired) electrons. The molecule has 2 aromatic carbocycles. The fourth-order valence-electron chi connectivity index (χ4n) is 2.48. The lowest BCUT2D eigenvalue weighted by molar-refractivity contribution is -0.123. The number of amides is 2. The van der Waals surface area contributed by atoms with Crippen LogP contribution in [0.3, 0.4) is 0 Å². The zero-order valence-electron chi connectivity index (χ0n) is 16.5. The van der Waals surface area contributed by atoms with E-state index in [-0.39, 0.29) is 17.2 Å². The molecule has 29 heavy (non-hydrogen) atoms. The zero-order valence-corrected chi connectivity index (χ0v) is 16.5. The average Bonchev–Trinajstić information content (AvgIpc) is 2.68. The molecule has 0 saturated heterocycles. The predicted molar refractivity (Wildman–Crippen MR) is 108 cm³/mol. The van der Waals surface area contributed by atoms with Crippen molar-refractivity contribution in [3.63, 3.8) is 0 Å². The van der Waals surface area contributed by atoms with Crippen molar-refractivity contribution in [3.8, 4) is 11.5 Å². The summed E-state index contributed by atoms with van der Waals surface area (Å²) in [6.07, 6.45) is 1.40. The Bertz CT molecular complexity index is 882. The Kier molecular flexibility index (Phi) is 7.70. The zero-order chi connectivity index (χ0) is 21.4. The van der Waals surface area contributed by atoms with Crippen LogP contribution in [-0.2, 0) is 4.79 Å². The number of phenols is 1. The summed E-state index contributed by atoms with van der Waals surface area (Å²) in [6, 6.07) is 8.89. The molecule has 2 amide bonds. The Hall–Kier alpha value is -3.42. The van der Waals surface area contributed by atoms with Gasteiger partial charge in [-0.2, -0.15) is 5.10 Å². The summed E-state index contributed by atoms with van der Waals surface area (Å²) >= 11 is 0. The van der Waals surface area contributed by atoms with Crippen molar-refractivity contribution in [1.29, 1.82) is 0 Å². The molecule has 7 nitrogen and oxygen atoms in total. The number of hydrogen-bond acceptors (Lipinski definition) is 5. The van der Waals surface area contributed by atoms with Crippen molar-refractivity contribution >= 4 is 18.0 Å². The third-order valence-corrected chi connectivity index (χ3v) is 4.01. The molecule has 0 aromatic heterocycles. The van der Waals surface area contributed by atoms with Crippen molar-refractivity contribution in [2.45, 2.75) is 26.8 Å². The topological polar surface area (TPSA) is 100 Å². The molecule has 0 bridgehead atoms. The number of phenolic OH excluding ortho intramolecular Hbond substituents is 1. The molecule has 0 spiro atoms. The number of nitrogens with one attached hydrogen (secondary N) is 2. The highest BCUT2D eigenvalue weighted by Crippen LogP contribution is 2.26. The van der Waals surface area contributed by atoms with E-state index < -0.39 is 23.7 Å². The van der Waals surface area contributed by atoms with Crippen LogP contribution in [0.25, 0.3) is 0 Å². The van der Waals surface area contributed by atoms with Crippen LogP contribution in [0.15, 0.2) is 47.6 Å². The van der Waals surface area contributed by atoms with Gasteiger partial charge in [-0.05, 0) is 60.9 Å². The summed E-state index contributed by atoms with van der Waals surface area (Å²) in [6.45, 7) is 5.77. The quantitative estimate of drug-likeness (QED) is 0.468. The van der Waals surface area contributed by atoms with Gasteiger partial charge in [-0.3, -0.25) is 9.59 Å².